The van der Waals surface area contributed by atoms with E-state index in [1.807, 2.05) is 0 Å². The number of carbonyl (C=O) groups excluding carboxylic acids is 1. The van der Waals surface area contributed by atoms with Crippen LogP contribution in [0.5, 0.6) is 5.75 Å². The molecule has 0 amide bonds. The number of methoxy groups -OCH3 is 1. The summed E-state index contributed by atoms with van der Waals surface area (Å²) in [5.41, 5.74) is 1.69. The molecule has 2 aliphatic rings. The van der Waals surface area contributed by atoms with Crippen molar-refractivity contribution in [2.45, 2.75) is 64.0 Å². The highest BCUT2D eigenvalue weighted by molar-refractivity contribution is 5.73. The van der Waals surface area contributed by atoms with Crippen molar-refractivity contribution in [3.05, 3.63) is 29.8 Å². The second kappa shape index (κ2) is 9.27. The molecule has 0 radical (unpaired) electrons. The van der Waals surface area contributed by atoms with Crippen molar-refractivity contribution in [1.82, 2.24) is 4.90 Å². The van der Waals surface area contributed by atoms with E-state index in [0.717, 1.165) is 18.6 Å². The zero-order valence-electron chi connectivity index (χ0n) is 17.8. The Balaban J connectivity index is 1.34. The maximum atomic E-state index is 11.4. The monoisotopic (exact) mass is 389 g/mol. The minimum atomic E-state index is -0.125. The summed E-state index contributed by atoms with van der Waals surface area (Å²) in [7, 11) is 1.43. The number of benzene rings is 1. The van der Waals surface area contributed by atoms with Crippen molar-refractivity contribution in [1.29, 1.82) is 0 Å². The maximum Gasteiger partial charge on any atom is 0.308 e. The van der Waals surface area contributed by atoms with Crippen molar-refractivity contribution in [3.8, 4) is 5.75 Å². The van der Waals surface area contributed by atoms with Crippen LogP contribution in [0.25, 0.3) is 0 Å². The van der Waals surface area contributed by atoms with E-state index in [4.69, 9.17) is 14.2 Å². The Morgan fingerprint density at radius 2 is 1.71 bits per heavy atom. The second-order valence-electron chi connectivity index (χ2n) is 9.03. The third-order valence-electron chi connectivity index (χ3n) is 6.13. The molecule has 5 heteroatoms. The van der Waals surface area contributed by atoms with E-state index >= 15 is 0 Å². The van der Waals surface area contributed by atoms with Gasteiger partial charge < -0.3 is 14.2 Å². The summed E-state index contributed by atoms with van der Waals surface area (Å²) in [5, 5.41) is 0. The number of hydrogen-bond donors (Lipinski definition) is 0. The predicted octanol–water partition coefficient (Wildman–Crippen LogP) is 4.01. The molecule has 0 aromatic heterocycles. The molecule has 1 saturated carbocycles. The molecular formula is C23H35NO4. The number of hydrogen-bond acceptors (Lipinski definition) is 5. The van der Waals surface area contributed by atoms with E-state index in [1.54, 1.807) is 0 Å². The number of esters is 1. The van der Waals surface area contributed by atoms with Gasteiger partial charge >= 0.3 is 5.97 Å². The molecule has 1 aromatic rings. The lowest BCUT2D eigenvalue weighted by molar-refractivity contribution is -0.155. The van der Waals surface area contributed by atoms with Gasteiger partial charge in [0.15, 0.2) is 0 Å². The Morgan fingerprint density at radius 1 is 1.07 bits per heavy atom. The van der Waals surface area contributed by atoms with E-state index in [1.165, 1.54) is 38.6 Å². The van der Waals surface area contributed by atoms with Crippen LogP contribution in [0.15, 0.2) is 24.3 Å². The number of piperidine rings is 1. The van der Waals surface area contributed by atoms with Gasteiger partial charge in [-0.2, -0.15) is 0 Å². The fourth-order valence-corrected chi connectivity index (χ4v) is 4.15. The van der Waals surface area contributed by atoms with Gasteiger partial charge in [0.25, 0.3) is 0 Å². The van der Waals surface area contributed by atoms with Gasteiger partial charge in [-0.05, 0) is 83.2 Å². The number of rotatable bonds is 7. The van der Waals surface area contributed by atoms with E-state index in [-0.39, 0.29) is 23.5 Å². The molecule has 1 aromatic carbocycles. The molecule has 2 fully saturated rings. The predicted molar refractivity (Wildman–Crippen MR) is 110 cm³/mol. The third kappa shape index (κ3) is 5.48. The summed E-state index contributed by atoms with van der Waals surface area (Å²) in [6.45, 7) is 10.3. The first kappa shape index (κ1) is 21.1. The minimum Gasteiger partial charge on any atom is -0.491 e. The lowest BCUT2D eigenvalue weighted by atomic mass is 9.82. The molecule has 1 heterocycles. The highest BCUT2D eigenvalue weighted by atomic mass is 16.5. The normalized spacial score (nSPS) is 23.9. The molecule has 156 valence electrons. The van der Waals surface area contributed by atoms with Crippen LogP contribution in [-0.4, -0.2) is 55.9 Å². The molecule has 1 aliphatic heterocycles. The van der Waals surface area contributed by atoms with Crippen LogP contribution in [0.2, 0.25) is 0 Å². The molecule has 0 N–H and O–H groups in total. The Kier molecular flexibility index (Phi) is 7.00. The molecule has 3 rings (SSSR count). The van der Waals surface area contributed by atoms with Gasteiger partial charge in [-0.3, -0.25) is 9.69 Å². The highest BCUT2D eigenvalue weighted by Crippen LogP contribution is 2.32. The van der Waals surface area contributed by atoms with Crippen molar-refractivity contribution < 1.29 is 19.0 Å². The smallest absolute Gasteiger partial charge is 0.308 e. The lowest BCUT2D eigenvalue weighted by Gasteiger charge is -2.41. The number of likely N-dealkylation sites (tertiary alicyclic amines) is 1. The topological polar surface area (TPSA) is 48.0 Å². The summed E-state index contributed by atoms with van der Waals surface area (Å²) in [6.07, 6.45) is 4.12. The van der Waals surface area contributed by atoms with Crippen LogP contribution in [-0.2, 0) is 14.3 Å². The molecule has 28 heavy (non-hydrogen) atoms. The van der Waals surface area contributed by atoms with Gasteiger partial charge in [-0.25, -0.2) is 0 Å². The minimum absolute atomic E-state index is 0.0127. The fraction of sp³-hybridized carbons (Fsp3) is 0.696. The molecule has 1 aliphatic carbocycles. The first-order valence-corrected chi connectivity index (χ1v) is 10.5. The van der Waals surface area contributed by atoms with E-state index < -0.39 is 0 Å². The average Bonchev–Trinajstić information content (AvgIpc) is 2.66. The van der Waals surface area contributed by atoms with Crippen LogP contribution in [0, 0.1) is 5.92 Å². The summed E-state index contributed by atoms with van der Waals surface area (Å²) in [4.78, 5) is 13.9. The molecule has 0 spiro atoms. The zero-order chi connectivity index (χ0) is 20.1. The standard InChI is InChI=1S/C23H35NO4/c1-23(2,3)24-11-9-18(10-12-24)17-5-7-20(8-6-17)27-13-14-28-21-15-19(16-21)22(25)26-4/h5-8,18-19,21H,9-16H2,1-4H3. The molecule has 5 nitrogen and oxygen atoms in total. The Morgan fingerprint density at radius 3 is 2.29 bits per heavy atom. The lowest BCUT2D eigenvalue weighted by Crippen LogP contribution is -2.45. The summed E-state index contributed by atoms with van der Waals surface area (Å²) in [5.74, 6) is 1.43. The Labute approximate surface area is 169 Å². The Bertz CT molecular complexity index is 623. The van der Waals surface area contributed by atoms with E-state index in [0.29, 0.717) is 19.1 Å². The molecular weight excluding hydrogens is 354 g/mol. The summed E-state index contributed by atoms with van der Waals surface area (Å²) < 4.78 is 16.3. The quantitative estimate of drug-likeness (QED) is 0.521. The molecule has 0 unspecified atom stereocenters. The first-order valence-electron chi connectivity index (χ1n) is 10.5. The van der Waals surface area contributed by atoms with E-state index in [2.05, 4.69) is 49.9 Å². The van der Waals surface area contributed by atoms with Crippen LogP contribution in [0.4, 0.5) is 0 Å². The maximum absolute atomic E-state index is 11.4. The van der Waals surface area contributed by atoms with Gasteiger partial charge in [0.05, 0.1) is 25.7 Å². The van der Waals surface area contributed by atoms with Crippen LogP contribution < -0.4 is 4.74 Å². The van der Waals surface area contributed by atoms with Gasteiger partial charge in [0.1, 0.15) is 12.4 Å². The van der Waals surface area contributed by atoms with Crippen molar-refractivity contribution >= 4 is 5.97 Å². The number of ether oxygens (including phenoxy) is 3. The van der Waals surface area contributed by atoms with Gasteiger partial charge in [-0.15, -0.1) is 0 Å². The van der Waals surface area contributed by atoms with Gasteiger partial charge in [0, 0.05) is 5.54 Å². The number of nitrogens with zero attached hydrogens (tertiary/aromatic N) is 1. The van der Waals surface area contributed by atoms with Crippen molar-refractivity contribution in [2.24, 2.45) is 5.92 Å². The van der Waals surface area contributed by atoms with Crippen LogP contribution >= 0.6 is 0 Å². The first-order chi connectivity index (χ1) is 13.4. The fourth-order valence-electron chi connectivity index (χ4n) is 4.15. The SMILES string of the molecule is COC(=O)C1CC(OCCOc2ccc(C3CCN(C(C)(C)C)CC3)cc2)C1. The number of carbonyl (C=O) groups is 1. The van der Waals surface area contributed by atoms with Crippen molar-refractivity contribution in [3.63, 3.8) is 0 Å². The van der Waals surface area contributed by atoms with Gasteiger partial charge in [-0.1, -0.05) is 12.1 Å². The molecule has 0 atom stereocenters. The molecule has 0 bridgehead atoms. The highest BCUT2D eigenvalue weighted by Gasteiger charge is 2.35. The zero-order valence-corrected chi connectivity index (χ0v) is 17.8. The molecule has 1 saturated heterocycles. The van der Waals surface area contributed by atoms with Crippen LogP contribution in [0.1, 0.15) is 57.9 Å². The average molecular weight is 390 g/mol. The Hall–Kier alpha value is -1.59. The largest absolute Gasteiger partial charge is 0.491 e. The third-order valence-corrected chi connectivity index (χ3v) is 6.13. The van der Waals surface area contributed by atoms with Crippen molar-refractivity contribution in [2.75, 3.05) is 33.4 Å². The summed E-state index contributed by atoms with van der Waals surface area (Å²) >= 11 is 0. The summed E-state index contributed by atoms with van der Waals surface area (Å²) in [6, 6.07) is 8.56. The second-order valence-corrected chi connectivity index (χ2v) is 9.03. The van der Waals surface area contributed by atoms with Gasteiger partial charge in [0.2, 0.25) is 0 Å². The van der Waals surface area contributed by atoms with E-state index in [9.17, 15) is 4.79 Å². The van der Waals surface area contributed by atoms with Crippen LogP contribution in [0.3, 0.4) is 0 Å².